The highest BCUT2D eigenvalue weighted by molar-refractivity contribution is 5.78. The van der Waals surface area contributed by atoms with Crippen LogP contribution in [0.25, 0.3) is 0 Å². The normalized spacial score (nSPS) is 19.9. The van der Waals surface area contributed by atoms with Crippen LogP contribution in [0.15, 0.2) is 0 Å². The highest BCUT2D eigenvalue weighted by Gasteiger charge is 2.23. The average Bonchev–Trinajstić information content (AvgIpc) is 2.45. The summed E-state index contributed by atoms with van der Waals surface area (Å²) in [5.74, 6) is 1.30. The predicted molar refractivity (Wildman–Crippen MR) is 81.1 cm³/mol. The lowest BCUT2D eigenvalue weighted by Gasteiger charge is -2.26. The number of amides is 1. The minimum absolute atomic E-state index is 0.233. The maximum Gasteiger partial charge on any atom is 0.223 e. The van der Waals surface area contributed by atoms with E-state index in [2.05, 4.69) is 24.5 Å². The summed E-state index contributed by atoms with van der Waals surface area (Å²) < 4.78 is 0. The number of likely N-dealkylation sites (N-methyl/N-ethyl adjacent to an activating group) is 1. The molecule has 1 amide bonds. The van der Waals surface area contributed by atoms with Gasteiger partial charge in [-0.1, -0.05) is 45.4 Å². The summed E-state index contributed by atoms with van der Waals surface area (Å²) >= 11 is 0. The quantitative estimate of drug-likeness (QED) is 0.710. The lowest BCUT2D eigenvalue weighted by Crippen LogP contribution is -2.40. The number of carbonyl (C=O) groups excluding carboxylic acids is 1. The van der Waals surface area contributed by atoms with Gasteiger partial charge in [-0.2, -0.15) is 0 Å². The standard InChI is InChI=1S/C16H32N2O/c1-4-8-15(11-14-9-6-5-7-10-14)16(19)18-12-13(2)17-3/h13-15,17H,4-12H2,1-3H3,(H,18,19). The first kappa shape index (κ1) is 16.5. The van der Waals surface area contributed by atoms with E-state index in [1.165, 1.54) is 32.1 Å². The first-order chi connectivity index (χ1) is 9.17. The molecule has 0 radical (unpaired) electrons. The number of hydrogen-bond donors (Lipinski definition) is 2. The highest BCUT2D eigenvalue weighted by Crippen LogP contribution is 2.30. The van der Waals surface area contributed by atoms with Gasteiger partial charge in [0.2, 0.25) is 5.91 Å². The van der Waals surface area contributed by atoms with Gasteiger partial charge in [0.15, 0.2) is 0 Å². The van der Waals surface area contributed by atoms with Gasteiger partial charge in [0.05, 0.1) is 0 Å². The third-order valence-electron chi connectivity index (χ3n) is 4.43. The Hall–Kier alpha value is -0.570. The van der Waals surface area contributed by atoms with Gasteiger partial charge >= 0.3 is 0 Å². The van der Waals surface area contributed by atoms with Crippen molar-refractivity contribution in [1.29, 1.82) is 0 Å². The third kappa shape index (κ3) is 6.42. The molecule has 0 saturated heterocycles. The molecule has 2 atom stereocenters. The van der Waals surface area contributed by atoms with E-state index in [9.17, 15) is 4.79 Å². The molecular formula is C16H32N2O. The maximum absolute atomic E-state index is 12.3. The Bertz CT molecular complexity index is 249. The fourth-order valence-electron chi connectivity index (χ4n) is 3.03. The number of hydrogen-bond acceptors (Lipinski definition) is 2. The van der Waals surface area contributed by atoms with Crippen molar-refractivity contribution in [1.82, 2.24) is 10.6 Å². The van der Waals surface area contributed by atoms with E-state index in [0.29, 0.717) is 6.04 Å². The van der Waals surface area contributed by atoms with Crippen molar-refractivity contribution in [3.63, 3.8) is 0 Å². The molecule has 0 aromatic heterocycles. The molecule has 19 heavy (non-hydrogen) atoms. The number of carbonyl (C=O) groups is 1. The van der Waals surface area contributed by atoms with Gasteiger partial charge in [-0.15, -0.1) is 0 Å². The van der Waals surface area contributed by atoms with Gasteiger partial charge in [0.1, 0.15) is 0 Å². The molecule has 0 spiro atoms. The van der Waals surface area contributed by atoms with E-state index in [-0.39, 0.29) is 11.8 Å². The van der Waals surface area contributed by atoms with Crippen LogP contribution >= 0.6 is 0 Å². The van der Waals surface area contributed by atoms with Crippen LogP contribution in [-0.2, 0) is 4.79 Å². The summed E-state index contributed by atoms with van der Waals surface area (Å²) in [6.07, 6.45) is 10.0. The molecule has 3 nitrogen and oxygen atoms in total. The Morgan fingerprint density at radius 3 is 2.53 bits per heavy atom. The monoisotopic (exact) mass is 268 g/mol. The van der Waals surface area contributed by atoms with E-state index in [1.807, 2.05) is 7.05 Å². The molecule has 0 aromatic carbocycles. The maximum atomic E-state index is 12.3. The molecule has 2 unspecified atom stereocenters. The molecule has 1 rings (SSSR count). The minimum atomic E-state index is 0.233. The van der Waals surface area contributed by atoms with E-state index < -0.39 is 0 Å². The van der Waals surface area contributed by atoms with E-state index in [1.54, 1.807) is 0 Å². The van der Waals surface area contributed by atoms with Crippen LogP contribution in [0.2, 0.25) is 0 Å². The van der Waals surface area contributed by atoms with Gasteiger partial charge in [0, 0.05) is 18.5 Å². The Morgan fingerprint density at radius 1 is 1.26 bits per heavy atom. The zero-order valence-electron chi connectivity index (χ0n) is 13.0. The van der Waals surface area contributed by atoms with Gasteiger partial charge in [0.25, 0.3) is 0 Å². The lowest BCUT2D eigenvalue weighted by molar-refractivity contribution is -0.126. The molecule has 2 N–H and O–H groups in total. The average molecular weight is 268 g/mol. The first-order valence-corrected chi connectivity index (χ1v) is 8.12. The van der Waals surface area contributed by atoms with Crippen molar-refractivity contribution in [2.75, 3.05) is 13.6 Å². The second kappa shape index (κ2) is 9.35. The summed E-state index contributed by atoms with van der Waals surface area (Å²) in [6.45, 7) is 5.01. The summed E-state index contributed by atoms with van der Waals surface area (Å²) in [6, 6.07) is 0.348. The summed E-state index contributed by atoms with van der Waals surface area (Å²) in [4.78, 5) is 12.3. The fourth-order valence-corrected chi connectivity index (χ4v) is 3.03. The van der Waals surface area contributed by atoms with E-state index in [4.69, 9.17) is 0 Å². The van der Waals surface area contributed by atoms with Crippen molar-refractivity contribution in [2.24, 2.45) is 11.8 Å². The van der Waals surface area contributed by atoms with Crippen molar-refractivity contribution in [3.8, 4) is 0 Å². The lowest BCUT2D eigenvalue weighted by atomic mass is 9.81. The Morgan fingerprint density at radius 2 is 1.95 bits per heavy atom. The van der Waals surface area contributed by atoms with Crippen LogP contribution in [-0.4, -0.2) is 25.5 Å². The highest BCUT2D eigenvalue weighted by atomic mass is 16.1. The second-order valence-electron chi connectivity index (χ2n) is 6.16. The first-order valence-electron chi connectivity index (χ1n) is 8.12. The molecule has 3 heteroatoms. The number of rotatable bonds is 8. The Labute approximate surface area is 118 Å². The zero-order chi connectivity index (χ0) is 14.1. The largest absolute Gasteiger partial charge is 0.354 e. The second-order valence-corrected chi connectivity index (χ2v) is 6.16. The SMILES string of the molecule is CCCC(CC1CCCCC1)C(=O)NCC(C)NC. The zero-order valence-corrected chi connectivity index (χ0v) is 13.0. The Kier molecular flexibility index (Phi) is 8.11. The molecule has 0 bridgehead atoms. The van der Waals surface area contributed by atoms with Gasteiger partial charge < -0.3 is 10.6 Å². The van der Waals surface area contributed by atoms with E-state index in [0.717, 1.165) is 31.7 Å². The van der Waals surface area contributed by atoms with Crippen molar-refractivity contribution in [3.05, 3.63) is 0 Å². The van der Waals surface area contributed by atoms with Crippen LogP contribution in [0.5, 0.6) is 0 Å². The molecule has 0 heterocycles. The Balaban J connectivity index is 2.38. The molecule has 1 saturated carbocycles. The summed E-state index contributed by atoms with van der Waals surface area (Å²) in [5.41, 5.74) is 0. The summed E-state index contributed by atoms with van der Waals surface area (Å²) in [5, 5.41) is 6.26. The van der Waals surface area contributed by atoms with Crippen molar-refractivity contribution < 1.29 is 4.79 Å². The van der Waals surface area contributed by atoms with Crippen LogP contribution < -0.4 is 10.6 Å². The molecule has 0 aliphatic heterocycles. The molecule has 1 aliphatic rings. The molecule has 0 aromatic rings. The van der Waals surface area contributed by atoms with Crippen LogP contribution in [0, 0.1) is 11.8 Å². The van der Waals surface area contributed by atoms with Crippen molar-refractivity contribution >= 4 is 5.91 Å². The molecule has 1 fully saturated rings. The number of nitrogens with one attached hydrogen (secondary N) is 2. The van der Waals surface area contributed by atoms with Crippen LogP contribution in [0.3, 0.4) is 0 Å². The summed E-state index contributed by atoms with van der Waals surface area (Å²) in [7, 11) is 1.93. The minimum Gasteiger partial charge on any atom is -0.354 e. The van der Waals surface area contributed by atoms with E-state index >= 15 is 0 Å². The van der Waals surface area contributed by atoms with Gasteiger partial charge in [-0.25, -0.2) is 0 Å². The third-order valence-corrected chi connectivity index (χ3v) is 4.43. The molecular weight excluding hydrogens is 236 g/mol. The molecule has 112 valence electrons. The van der Waals surface area contributed by atoms with Crippen LogP contribution in [0.4, 0.5) is 0 Å². The molecule has 1 aliphatic carbocycles. The van der Waals surface area contributed by atoms with Gasteiger partial charge in [-0.3, -0.25) is 4.79 Å². The van der Waals surface area contributed by atoms with Crippen LogP contribution in [0.1, 0.15) is 65.2 Å². The predicted octanol–water partition coefficient (Wildman–Crippen LogP) is 3.10. The van der Waals surface area contributed by atoms with Gasteiger partial charge in [-0.05, 0) is 32.7 Å². The topological polar surface area (TPSA) is 41.1 Å². The van der Waals surface area contributed by atoms with Crippen molar-refractivity contribution in [2.45, 2.75) is 71.3 Å². The smallest absolute Gasteiger partial charge is 0.223 e. The fraction of sp³-hybridized carbons (Fsp3) is 0.938.